The minimum absolute atomic E-state index is 0.0821. The van der Waals surface area contributed by atoms with E-state index in [1.54, 1.807) is 35.4 Å². The summed E-state index contributed by atoms with van der Waals surface area (Å²) < 4.78 is 15.7. The number of halogens is 1. The molecule has 7 nitrogen and oxygen atoms in total. The molecule has 1 aromatic carbocycles. The van der Waals surface area contributed by atoms with Crippen LogP contribution in [0.2, 0.25) is 5.02 Å². The van der Waals surface area contributed by atoms with Crippen LogP contribution in [0.4, 0.5) is 5.69 Å². The normalized spacial score (nSPS) is 16.7. The summed E-state index contributed by atoms with van der Waals surface area (Å²) in [6.45, 7) is 0.685. The van der Waals surface area contributed by atoms with E-state index in [0.29, 0.717) is 41.1 Å². The number of likely N-dealkylation sites (tertiary alicyclic amines) is 1. The molecule has 0 radical (unpaired) electrons. The molecule has 1 fully saturated rings. The summed E-state index contributed by atoms with van der Waals surface area (Å²) in [6, 6.07) is 6.72. The van der Waals surface area contributed by atoms with E-state index >= 15 is 0 Å². The van der Waals surface area contributed by atoms with E-state index in [-0.39, 0.29) is 18.2 Å². The van der Waals surface area contributed by atoms with Gasteiger partial charge in [0, 0.05) is 19.0 Å². The van der Waals surface area contributed by atoms with Gasteiger partial charge in [-0.2, -0.15) is 0 Å². The predicted octanol–water partition coefficient (Wildman–Crippen LogP) is 2.94. The van der Waals surface area contributed by atoms with E-state index in [2.05, 4.69) is 5.32 Å². The van der Waals surface area contributed by atoms with Gasteiger partial charge >= 0.3 is 0 Å². The Hall–Kier alpha value is -2.67. The van der Waals surface area contributed by atoms with Gasteiger partial charge in [0.15, 0.2) is 0 Å². The van der Waals surface area contributed by atoms with Crippen LogP contribution in [0.25, 0.3) is 0 Å². The maximum Gasteiger partial charge on any atom is 0.229 e. The van der Waals surface area contributed by atoms with Crippen LogP contribution in [0.5, 0.6) is 11.5 Å². The third-order valence-corrected chi connectivity index (χ3v) is 4.54. The second-order valence-corrected chi connectivity index (χ2v) is 6.34. The summed E-state index contributed by atoms with van der Waals surface area (Å²) in [7, 11) is 2.99. The number of rotatable bonds is 6. The van der Waals surface area contributed by atoms with Gasteiger partial charge in [0.25, 0.3) is 0 Å². The number of amides is 2. The Labute approximate surface area is 155 Å². The summed E-state index contributed by atoms with van der Waals surface area (Å²) in [6.07, 6.45) is 1.71. The lowest BCUT2D eigenvalue weighted by Gasteiger charge is -2.16. The van der Waals surface area contributed by atoms with Crippen molar-refractivity contribution in [2.45, 2.75) is 13.0 Å². The molecule has 2 aromatic rings. The van der Waals surface area contributed by atoms with Gasteiger partial charge in [-0.15, -0.1) is 0 Å². The van der Waals surface area contributed by atoms with E-state index < -0.39 is 5.92 Å². The quantitative estimate of drug-likeness (QED) is 0.835. The van der Waals surface area contributed by atoms with Crippen molar-refractivity contribution in [3.05, 3.63) is 41.3 Å². The Morgan fingerprint density at radius 2 is 2.12 bits per heavy atom. The fraction of sp³-hybridized carbons (Fsp3) is 0.333. The highest BCUT2D eigenvalue weighted by atomic mass is 35.5. The first kappa shape index (κ1) is 18.1. The van der Waals surface area contributed by atoms with Gasteiger partial charge in [-0.1, -0.05) is 11.6 Å². The highest BCUT2D eigenvalue weighted by Gasteiger charge is 2.35. The van der Waals surface area contributed by atoms with Gasteiger partial charge in [-0.3, -0.25) is 9.59 Å². The minimum atomic E-state index is -0.456. The molecule has 1 atom stereocenters. The number of methoxy groups -OCH3 is 2. The predicted molar refractivity (Wildman–Crippen MR) is 95.4 cm³/mol. The lowest BCUT2D eigenvalue weighted by atomic mass is 10.1. The topological polar surface area (TPSA) is 81.0 Å². The van der Waals surface area contributed by atoms with Crippen molar-refractivity contribution in [1.29, 1.82) is 0 Å². The first-order valence-corrected chi connectivity index (χ1v) is 8.42. The average Bonchev–Trinajstić information content (AvgIpc) is 3.26. The first-order chi connectivity index (χ1) is 12.5. The summed E-state index contributed by atoms with van der Waals surface area (Å²) >= 11 is 6.12. The molecule has 1 unspecified atom stereocenters. The number of ether oxygens (including phenoxy) is 2. The number of carbonyl (C=O) groups is 2. The van der Waals surface area contributed by atoms with Crippen molar-refractivity contribution in [3.63, 3.8) is 0 Å². The van der Waals surface area contributed by atoms with Gasteiger partial charge in [0.05, 0.1) is 43.7 Å². The Morgan fingerprint density at radius 1 is 1.35 bits per heavy atom. The number of anilines is 1. The molecule has 0 saturated carbocycles. The van der Waals surface area contributed by atoms with Crippen molar-refractivity contribution in [2.24, 2.45) is 5.92 Å². The van der Waals surface area contributed by atoms with Gasteiger partial charge in [-0.05, 0) is 18.2 Å². The molecular formula is C18H19ClN2O5. The van der Waals surface area contributed by atoms with E-state index in [9.17, 15) is 9.59 Å². The van der Waals surface area contributed by atoms with Gasteiger partial charge in [-0.25, -0.2) is 0 Å². The van der Waals surface area contributed by atoms with Crippen molar-refractivity contribution < 1.29 is 23.5 Å². The van der Waals surface area contributed by atoms with Crippen LogP contribution in [0, 0.1) is 5.92 Å². The Bertz CT molecular complexity index is 806. The standard InChI is InChI=1S/C18H19ClN2O5/c1-24-15-8-16(25-2)14(7-13(15)19)20-18(23)11-6-17(22)21(9-11)10-12-4-3-5-26-12/h3-5,7-8,11H,6,9-10H2,1-2H3,(H,20,23). The molecule has 2 heterocycles. The van der Waals surface area contributed by atoms with Crippen molar-refractivity contribution in [3.8, 4) is 11.5 Å². The molecule has 1 saturated heterocycles. The summed E-state index contributed by atoms with van der Waals surface area (Å²) in [4.78, 5) is 26.4. The molecule has 138 valence electrons. The number of hydrogen-bond acceptors (Lipinski definition) is 5. The Morgan fingerprint density at radius 3 is 2.77 bits per heavy atom. The zero-order valence-corrected chi connectivity index (χ0v) is 15.2. The number of hydrogen-bond donors (Lipinski definition) is 1. The molecule has 2 amide bonds. The number of carbonyl (C=O) groups excluding carboxylic acids is 2. The van der Waals surface area contributed by atoms with Crippen LogP contribution in [0.1, 0.15) is 12.2 Å². The molecule has 1 aliphatic heterocycles. The van der Waals surface area contributed by atoms with E-state index in [1.165, 1.54) is 14.2 Å². The van der Waals surface area contributed by atoms with Crippen molar-refractivity contribution in [2.75, 3.05) is 26.1 Å². The van der Waals surface area contributed by atoms with Crippen LogP contribution in [0.3, 0.4) is 0 Å². The van der Waals surface area contributed by atoms with Crippen LogP contribution in [-0.4, -0.2) is 37.5 Å². The fourth-order valence-corrected chi connectivity index (χ4v) is 3.12. The molecule has 0 aliphatic carbocycles. The van der Waals surface area contributed by atoms with Crippen molar-refractivity contribution in [1.82, 2.24) is 4.90 Å². The van der Waals surface area contributed by atoms with Gasteiger partial charge < -0.3 is 24.1 Å². The smallest absolute Gasteiger partial charge is 0.229 e. The van der Waals surface area contributed by atoms with Crippen molar-refractivity contribution >= 4 is 29.1 Å². The second-order valence-electron chi connectivity index (χ2n) is 5.93. The molecule has 1 aromatic heterocycles. The van der Waals surface area contributed by atoms with E-state index in [4.69, 9.17) is 25.5 Å². The molecule has 0 bridgehead atoms. The van der Waals surface area contributed by atoms with Crippen LogP contribution >= 0.6 is 11.6 Å². The number of benzene rings is 1. The van der Waals surface area contributed by atoms with E-state index in [0.717, 1.165) is 0 Å². The Balaban J connectivity index is 1.69. The molecular weight excluding hydrogens is 360 g/mol. The number of nitrogens with one attached hydrogen (secondary N) is 1. The SMILES string of the molecule is COc1cc(OC)c(NC(=O)C2CC(=O)N(Cc3ccco3)C2)cc1Cl. The highest BCUT2D eigenvalue weighted by molar-refractivity contribution is 6.32. The van der Waals surface area contributed by atoms with Gasteiger partial charge in [0.2, 0.25) is 11.8 Å². The minimum Gasteiger partial charge on any atom is -0.495 e. The van der Waals surface area contributed by atoms with Gasteiger partial charge in [0.1, 0.15) is 17.3 Å². The molecule has 1 aliphatic rings. The van der Waals surface area contributed by atoms with Crippen LogP contribution in [-0.2, 0) is 16.1 Å². The average molecular weight is 379 g/mol. The monoisotopic (exact) mass is 378 g/mol. The molecule has 26 heavy (non-hydrogen) atoms. The van der Waals surface area contributed by atoms with E-state index in [1.807, 2.05) is 0 Å². The largest absolute Gasteiger partial charge is 0.495 e. The molecule has 0 spiro atoms. The Kier molecular flexibility index (Phi) is 5.37. The zero-order chi connectivity index (χ0) is 18.7. The first-order valence-electron chi connectivity index (χ1n) is 8.04. The third kappa shape index (κ3) is 3.77. The number of furan rings is 1. The maximum absolute atomic E-state index is 12.6. The lowest BCUT2D eigenvalue weighted by molar-refractivity contribution is -0.128. The highest BCUT2D eigenvalue weighted by Crippen LogP contribution is 2.36. The zero-order valence-electron chi connectivity index (χ0n) is 14.5. The molecule has 3 rings (SSSR count). The third-order valence-electron chi connectivity index (χ3n) is 4.24. The lowest BCUT2D eigenvalue weighted by Crippen LogP contribution is -2.28. The number of nitrogens with zero attached hydrogens (tertiary/aromatic N) is 1. The maximum atomic E-state index is 12.6. The fourth-order valence-electron chi connectivity index (χ4n) is 2.88. The van der Waals surface area contributed by atoms with Crippen LogP contribution < -0.4 is 14.8 Å². The summed E-state index contributed by atoms with van der Waals surface area (Å²) in [5, 5.41) is 3.14. The summed E-state index contributed by atoms with van der Waals surface area (Å²) in [5.74, 6) is 0.755. The van der Waals surface area contributed by atoms with Crippen LogP contribution in [0.15, 0.2) is 34.9 Å². The molecule has 1 N–H and O–H groups in total. The molecule has 8 heteroatoms. The second kappa shape index (κ2) is 7.70. The summed E-state index contributed by atoms with van der Waals surface area (Å²) in [5.41, 5.74) is 0.431.